The zero-order valence-corrected chi connectivity index (χ0v) is 15.3. The van der Waals surface area contributed by atoms with E-state index in [4.69, 9.17) is 11.6 Å². The van der Waals surface area contributed by atoms with Crippen molar-refractivity contribution in [2.75, 3.05) is 0 Å². The van der Waals surface area contributed by atoms with Gasteiger partial charge in [-0.25, -0.2) is 0 Å². The normalized spacial score (nSPS) is 11.0. The van der Waals surface area contributed by atoms with Gasteiger partial charge in [-0.15, -0.1) is 0 Å². The van der Waals surface area contributed by atoms with Crippen molar-refractivity contribution in [2.24, 2.45) is 4.99 Å². The van der Waals surface area contributed by atoms with Gasteiger partial charge in [0.2, 0.25) is 0 Å². The minimum absolute atomic E-state index is 0.757. The predicted octanol–water partition coefficient (Wildman–Crippen LogP) is 7.00. The molecule has 0 bridgehead atoms. The summed E-state index contributed by atoms with van der Waals surface area (Å²) in [4.78, 5) is 6.86. The lowest BCUT2D eigenvalue weighted by molar-refractivity contribution is 1.40. The zero-order chi connectivity index (χ0) is 16.1. The molecule has 0 N–H and O–H groups in total. The van der Waals surface area contributed by atoms with Gasteiger partial charge in [-0.2, -0.15) is 0 Å². The Morgan fingerprint density at radius 2 is 1.43 bits per heavy atom. The van der Waals surface area contributed by atoms with Gasteiger partial charge in [0.1, 0.15) is 0 Å². The Hall–Kier alpha value is -1.55. The molecule has 0 saturated heterocycles. The van der Waals surface area contributed by atoms with E-state index in [0.29, 0.717) is 0 Å². The molecular formula is C19H13BrClNS. The minimum Gasteiger partial charge on any atom is -0.255 e. The lowest BCUT2D eigenvalue weighted by Gasteiger charge is -2.02. The lowest BCUT2D eigenvalue weighted by atomic mass is 10.2. The van der Waals surface area contributed by atoms with Crippen molar-refractivity contribution < 1.29 is 0 Å². The number of rotatable bonds is 4. The summed E-state index contributed by atoms with van der Waals surface area (Å²) in [6.45, 7) is 0. The fraction of sp³-hybridized carbons (Fsp3) is 0. The van der Waals surface area contributed by atoms with E-state index in [1.54, 1.807) is 11.8 Å². The van der Waals surface area contributed by atoms with Crippen LogP contribution in [0, 0.1) is 0 Å². The van der Waals surface area contributed by atoms with E-state index in [-0.39, 0.29) is 0 Å². The quantitative estimate of drug-likeness (QED) is 0.428. The minimum atomic E-state index is 0.757. The first kappa shape index (κ1) is 16.3. The third-order valence-corrected chi connectivity index (χ3v) is 5.07. The van der Waals surface area contributed by atoms with Crippen LogP contribution in [-0.4, -0.2) is 6.21 Å². The average molecular weight is 403 g/mol. The molecule has 114 valence electrons. The highest BCUT2D eigenvalue weighted by Crippen LogP contribution is 2.29. The maximum atomic E-state index is 5.90. The second-order valence-electron chi connectivity index (χ2n) is 4.83. The summed E-state index contributed by atoms with van der Waals surface area (Å²) in [6.07, 6.45) is 1.87. The molecule has 0 saturated carbocycles. The first-order valence-electron chi connectivity index (χ1n) is 7.03. The average Bonchev–Trinajstić information content (AvgIpc) is 2.58. The molecule has 0 atom stereocenters. The molecular weight excluding hydrogens is 390 g/mol. The van der Waals surface area contributed by atoms with E-state index in [0.717, 1.165) is 20.7 Å². The molecule has 0 aliphatic heterocycles. The van der Waals surface area contributed by atoms with Crippen molar-refractivity contribution in [2.45, 2.75) is 9.79 Å². The third-order valence-electron chi connectivity index (χ3n) is 3.13. The Kier molecular flexibility index (Phi) is 5.55. The predicted molar refractivity (Wildman–Crippen MR) is 103 cm³/mol. The molecule has 23 heavy (non-hydrogen) atoms. The molecule has 3 aromatic carbocycles. The van der Waals surface area contributed by atoms with Gasteiger partial charge in [0.15, 0.2) is 0 Å². The fourth-order valence-corrected chi connectivity index (χ4v) is 3.29. The molecule has 1 nitrogen and oxygen atoms in total. The van der Waals surface area contributed by atoms with Gasteiger partial charge >= 0.3 is 0 Å². The number of halogens is 2. The van der Waals surface area contributed by atoms with E-state index in [9.17, 15) is 0 Å². The van der Waals surface area contributed by atoms with E-state index in [2.05, 4.69) is 45.2 Å². The van der Waals surface area contributed by atoms with Crippen LogP contribution in [0.15, 0.2) is 92.1 Å². The Morgan fingerprint density at radius 1 is 0.826 bits per heavy atom. The van der Waals surface area contributed by atoms with Crippen LogP contribution in [0.3, 0.4) is 0 Å². The first-order chi connectivity index (χ1) is 11.2. The SMILES string of the molecule is Clc1ccc(Sc2ccc(C=Nc3ccccc3Br)cc2)cc1. The van der Waals surface area contributed by atoms with Gasteiger partial charge in [0, 0.05) is 25.5 Å². The van der Waals surface area contributed by atoms with Gasteiger partial charge in [-0.05, 0) is 70.0 Å². The van der Waals surface area contributed by atoms with Crippen LogP contribution in [0.2, 0.25) is 5.02 Å². The smallest absolute Gasteiger partial charge is 0.0771 e. The van der Waals surface area contributed by atoms with Crippen LogP contribution in [0.5, 0.6) is 0 Å². The molecule has 3 aromatic rings. The summed E-state index contributed by atoms with van der Waals surface area (Å²) in [5.41, 5.74) is 1.99. The lowest BCUT2D eigenvalue weighted by Crippen LogP contribution is -1.81. The molecule has 0 spiro atoms. The summed E-state index contributed by atoms with van der Waals surface area (Å²) >= 11 is 11.1. The summed E-state index contributed by atoms with van der Waals surface area (Å²) < 4.78 is 0.992. The summed E-state index contributed by atoms with van der Waals surface area (Å²) in [6, 6.07) is 24.1. The highest BCUT2D eigenvalue weighted by molar-refractivity contribution is 9.10. The molecule has 0 amide bonds. The van der Waals surface area contributed by atoms with Crippen molar-refractivity contribution >= 4 is 51.2 Å². The summed E-state index contributed by atoms with van der Waals surface area (Å²) in [5.74, 6) is 0. The maximum absolute atomic E-state index is 5.90. The second-order valence-corrected chi connectivity index (χ2v) is 7.27. The number of benzene rings is 3. The Morgan fingerprint density at radius 3 is 2.09 bits per heavy atom. The zero-order valence-electron chi connectivity index (χ0n) is 12.1. The van der Waals surface area contributed by atoms with Gasteiger partial charge in [0.05, 0.1) is 5.69 Å². The number of nitrogens with zero attached hydrogens (tertiary/aromatic N) is 1. The molecule has 0 aromatic heterocycles. The Balaban J connectivity index is 1.69. The van der Waals surface area contributed by atoms with Crippen molar-refractivity contribution in [1.82, 2.24) is 0 Å². The van der Waals surface area contributed by atoms with E-state index in [1.165, 1.54) is 9.79 Å². The maximum Gasteiger partial charge on any atom is 0.0771 e. The molecule has 0 aliphatic rings. The van der Waals surface area contributed by atoms with Crippen LogP contribution >= 0.6 is 39.3 Å². The standard InChI is InChI=1S/C19H13BrClNS/c20-18-3-1-2-4-19(18)22-13-14-5-9-16(10-6-14)23-17-11-7-15(21)8-12-17/h1-13H. The van der Waals surface area contributed by atoms with Crippen molar-refractivity contribution in [1.29, 1.82) is 0 Å². The topological polar surface area (TPSA) is 12.4 Å². The third kappa shape index (κ3) is 4.71. The molecule has 4 heteroatoms. The largest absolute Gasteiger partial charge is 0.255 e. The molecule has 0 unspecified atom stereocenters. The van der Waals surface area contributed by atoms with Crippen LogP contribution in [0.4, 0.5) is 5.69 Å². The summed E-state index contributed by atoms with van der Waals surface area (Å²) in [5, 5.41) is 0.757. The van der Waals surface area contributed by atoms with Crippen molar-refractivity contribution in [3.05, 3.63) is 87.9 Å². The van der Waals surface area contributed by atoms with Crippen LogP contribution in [0.25, 0.3) is 0 Å². The van der Waals surface area contributed by atoms with Gasteiger partial charge in [0.25, 0.3) is 0 Å². The van der Waals surface area contributed by atoms with Crippen molar-refractivity contribution in [3.8, 4) is 0 Å². The molecule has 3 rings (SSSR count). The number of aliphatic imine (C=N–C) groups is 1. The van der Waals surface area contributed by atoms with E-state index < -0.39 is 0 Å². The first-order valence-corrected chi connectivity index (χ1v) is 9.01. The Labute approximate surface area is 153 Å². The van der Waals surface area contributed by atoms with Gasteiger partial charge in [-0.3, -0.25) is 4.99 Å². The van der Waals surface area contributed by atoms with Crippen molar-refractivity contribution in [3.63, 3.8) is 0 Å². The van der Waals surface area contributed by atoms with Gasteiger partial charge in [-0.1, -0.05) is 47.6 Å². The molecule has 0 aliphatic carbocycles. The van der Waals surface area contributed by atoms with E-state index in [1.807, 2.05) is 54.7 Å². The van der Waals surface area contributed by atoms with Gasteiger partial charge < -0.3 is 0 Å². The monoisotopic (exact) mass is 401 g/mol. The molecule has 0 heterocycles. The highest BCUT2D eigenvalue weighted by atomic mass is 79.9. The molecule has 0 fully saturated rings. The second kappa shape index (κ2) is 7.82. The Bertz CT molecular complexity index is 814. The molecule has 0 radical (unpaired) electrons. The van der Waals surface area contributed by atoms with Crippen LogP contribution in [0.1, 0.15) is 5.56 Å². The van der Waals surface area contributed by atoms with Crippen LogP contribution in [-0.2, 0) is 0 Å². The number of hydrogen-bond acceptors (Lipinski definition) is 2. The number of hydrogen-bond donors (Lipinski definition) is 0. The summed E-state index contributed by atoms with van der Waals surface area (Å²) in [7, 11) is 0. The highest BCUT2D eigenvalue weighted by Gasteiger charge is 1.98. The van der Waals surface area contributed by atoms with E-state index >= 15 is 0 Å². The fourth-order valence-electron chi connectivity index (χ4n) is 1.96. The number of para-hydroxylation sites is 1. The van der Waals surface area contributed by atoms with Crippen LogP contribution < -0.4 is 0 Å².